The second kappa shape index (κ2) is 11.0. The van der Waals surface area contributed by atoms with Crippen molar-refractivity contribution in [3.63, 3.8) is 0 Å². The first-order chi connectivity index (χ1) is 18.7. The molecule has 0 saturated carbocycles. The Kier molecular flexibility index (Phi) is 7.46. The summed E-state index contributed by atoms with van der Waals surface area (Å²) in [5, 5.41) is 1.40. The number of benzene rings is 4. The van der Waals surface area contributed by atoms with E-state index in [9.17, 15) is 13.2 Å². The van der Waals surface area contributed by atoms with Crippen LogP contribution in [0.1, 0.15) is 38.3 Å². The highest BCUT2D eigenvalue weighted by Crippen LogP contribution is 2.30. The molecule has 6 nitrogen and oxygen atoms in total. The van der Waals surface area contributed by atoms with Gasteiger partial charge in [0.2, 0.25) is 0 Å². The first kappa shape index (κ1) is 26.5. The van der Waals surface area contributed by atoms with E-state index in [-0.39, 0.29) is 10.5 Å². The molecule has 5 aromatic rings. The quantitative estimate of drug-likeness (QED) is 0.221. The minimum absolute atomic E-state index is 0.0338. The average molecular weight is 559 g/mol. The number of sulfonamides is 1. The highest BCUT2D eigenvalue weighted by molar-refractivity contribution is 7.90. The molecule has 0 bridgehead atoms. The van der Waals surface area contributed by atoms with Gasteiger partial charge < -0.3 is 9.72 Å². The number of aromatic amines is 1. The fraction of sp³-hybridized carbons (Fsp3) is 0.129. The maximum Gasteiger partial charge on any atom is 0.265 e. The van der Waals surface area contributed by atoms with Crippen LogP contribution in [0.5, 0.6) is 5.75 Å². The van der Waals surface area contributed by atoms with Gasteiger partial charge in [-0.15, -0.1) is 0 Å². The Morgan fingerprint density at radius 2 is 1.67 bits per heavy atom. The Labute approximate surface area is 232 Å². The van der Waals surface area contributed by atoms with Gasteiger partial charge in [-0.05, 0) is 73.0 Å². The van der Waals surface area contributed by atoms with Crippen LogP contribution >= 0.6 is 11.6 Å². The molecule has 0 aliphatic heterocycles. The summed E-state index contributed by atoms with van der Waals surface area (Å²) in [5.41, 5.74) is 5.91. The lowest BCUT2D eigenvalue weighted by atomic mass is 10.0. The lowest BCUT2D eigenvalue weighted by molar-refractivity contribution is 0.0981. The number of H-pyrrole nitrogens is 1. The molecule has 0 saturated heterocycles. The molecule has 0 aliphatic carbocycles. The molecule has 2 N–H and O–H groups in total. The maximum atomic E-state index is 12.9. The van der Waals surface area contributed by atoms with Crippen LogP contribution in [0.25, 0.3) is 10.9 Å². The van der Waals surface area contributed by atoms with E-state index in [1.165, 1.54) is 12.1 Å². The molecular weight excluding hydrogens is 532 g/mol. The molecule has 8 heteroatoms. The van der Waals surface area contributed by atoms with Crippen LogP contribution in [0.4, 0.5) is 0 Å². The molecule has 5 rings (SSSR count). The van der Waals surface area contributed by atoms with Gasteiger partial charge in [-0.3, -0.25) is 4.79 Å². The van der Waals surface area contributed by atoms with Gasteiger partial charge in [0.25, 0.3) is 15.9 Å². The van der Waals surface area contributed by atoms with Crippen LogP contribution < -0.4 is 9.46 Å². The second-order valence-corrected chi connectivity index (χ2v) is 11.5. The Hall–Kier alpha value is -4.07. The summed E-state index contributed by atoms with van der Waals surface area (Å²) < 4.78 is 33.5. The number of aryl methyl sites for hydroxylation is 2. The van der Waals surface area contributed by atoms with Crippen molar-refractivity contribution in [2.24, 2.45) is 0 Å². The van der Waals surface area contributed by atoms with Crippen LogP contribution in [0.2, 0.25) is 5.02 Å². The third kappa shape index (κ3) is 6.00. The Bertz CT molecular complexity index is 1760. The molecule has 0 aliphatic rings. The van der Waals surface area contributed by atoms with E-state index < -0.39 is 15.9 Å². The van der Waals surface area contributed by atoms with Gasteiger partial charge in [-0.1, -0.05) is 65.7 Å². The summed E-state index contributed by atoms with van der Waals surface area (Å²) in [6.07, 6.45) is 0.524. The number of amides is 1. The second-order valence-electron chi connectivity index (χ2n) is 9.44. The lowest BCUT2D eigenvalue weighted by Gasteiger charge is -2.10. The lowest BCUT2D eigenvalue weighted by Crippen LogP contribution is -2.30. The predicted octanol–water partition coefficient (Wildman–Crippen LogP) is 6.73. The maximum absolute atomic E-state index is 12.9. The van der Waals surface area contributed by atoms with Gasteiger partial charge in [0, 0.05) is 33.6 Å². The number of hydrogen-bond acceptors (Lipinski definition) is 4. The van der Waals surface area contributed by atoms with Crippen LogP contribution in [0.15, 0.2) is 95.9 Å². The molecule has 198 valence electrons. The molecule has 0 unspecified atom stereocenters. The van der Waals surface area contributed by atoms with E-state index in [0.717, 1.165) is 38.9 Å². The summed E-state index contributed by atoms with van der Waals surface area (Å²) in [6, 6.07) is 27.0. The highest BCUT2D eigenvalue weighted by atomic mass is 35.5. The van der Waals surface area contributed by atoms with Crippen molar-refractivity contribution in [2.45, 2.75) is 31.8 Å². The largest absolute Gasteiger partial charge is 0.489 e. The molecule has 39 heavy (non-hydrogen) atoms. The van der Waals surface area contributed by atoms with E-state index in [1.54, 1.807) is 36.4 Å². The molecule has 1 amide bonds. The minimum Gasteiger partial charge on any atom is -0.489 e. The number of nitrogens with one attached hydrogen (secondary N) is 2. The number of carbonyl (C=O) groups is 1. The van der Waals surface area contributed by atoms with Crippen LogP contribution in [-0.4, -0.2) is 19.3 Å². The molecule has 0 radical (unpaired) electrons. The molecular formula is C31H27ClN2O4S. The van der Waals surface area contributed by atoms with Crippen molar-refractivity contribution >= 4 is 38.4 Å². The van der Waals surface area contributed by atoms with Gasteiger partial charge in [0.05, 0.1) is 4.90 Å². The van der Waals surface area contributed by atoms with Gasteiger partial charge >= 0.3 is 0 Å². The monoisotopic (exact) mass is 558 g/mol. The predicted molar refractivity (Wildman–Crippen MR) is 154 cm³/mol. The standard InChI is InChI=1S/C31H27ClN2O4S/c1-20-8-13-26(14-9-20)39(36,37)34-31(35)24-11-15-30-28(17-24)27(21(2)33-30)16-23-10-12-25(18-29(23)32)38-19-22-6-4-3-5-7-22/h3-15,17-18,33H,16,19H2,1-2H3,(H,34,35). The van der Waals surface area contributed by atoms with Crippen molar-refractivity contribution in [3.05, 3.63) is 130 Å². The van der Waals surface area contributed by atoms with Gasteiger partial charge in [0.1, 0.15) is 12.4 Å². The summed E-state index contributed by atoms with van der Waals surface area (Å²) in [4.78, 5) is 16.3. The van der Waals surface area contributed by atoms with E-state index >= 15 is 0 Å². The minimum atomic E-state index is -4.00. The molecule has 1 heterocycles. The van der Waals surface area contributed by atoms with Crippen molar-refractivity contribution in [1.82, 2.24) is 9.71 Å². The zero-order valence-electron chi connectivity index (χ0n) is 21.5. The smallest absolute Gasteiger partial charge is 0.265 e. The number of hydrogen-bond donors (Lipinski definition) is 2. The van der Waals surface area contributed by atoms with Gasteiger partial charge in [0.15, 0.2) is 0 Å². The highest BCUT2D eigenvalue weighted by Gasteiger charge is 2.20. The van der Waals surface area contributed by atoms with Crippen molar-refractivity contribution in [1.29, 1.82) is 0 Å². The SMILES string of the molecule is Cc1ccc(S(=O)(=O)NC(=O)c2ccc3[nH]c(C)c(Cc4ccc(OCc5ccccc5)cc4Cl)c3c2)cc1. The molecule has 0 spiro atoms. The first-order valence-corrected chi connectivity index (χ1v) is 14.3. The normalized spacial score (nSPS) is 11.5. The topological polar surface area (TPSA) is 88.3 Å². The Morgan fingerprint density at radius 1 is 0.923 bits per heavy atom. The molecule has 0 fully saturated rings. The van der Waals surface area contributed by atoms with Crippen LogP contribution in [0.3, 0.4) is 0 Å². The average Bonchev–Trinajstić information content (AvgIpc) is 3.23. The Balaban J connectivity index is 1.36. The Morgan fingerprint density at radius 3 is 2.38 bits per heavy atom. The number of ether oxygens (including phenoxy) is 1. The molecule has 1 aromatic heterocycles. The number of aromatic nitrogens is 1. The number of carbonyl (C=O) groups excluding carboxylic acids is 1. The van der Waals surface area contributed by atoms with Crippen molar-refractivity contribution in [3.8, 4) is 5.75 Å². The third-order valence-electron chi connectivity index (χ3n) is 6.58. The zero-order chi connectivity index (χ0) is 27.6. The fourth-order valence-corrected chi connectivity index (χ4v) is 5.61. The number of halogens is 1. The summed E-state index contributed by atoms with van der Waals surface area (Å²) in [5.74, 6) is -0.0165. The van der Waals surface area contributed by atoms with Gasteiger partial charge in [-0.2, -0.15) is 0 Å². The van der Waals surface area contributed by atoms with Gasteiger partial charge in [-0.25, -0.2) is 13.1 Å². The summed E-state index contributed by atoms with van der Waals surface area (Å²) >= 11 is 6.63. The summed E-state index contributed by atoms with van der Waals surface area (Å²) in [7, 11) is -4.00. The zero-order valence-corrected chi connectivity index (χ0v) is 23.1. The van der Waals surface area contributed by atoms with Crippen LogP contribution in [-0.2, 0) is 23.1 Å². The number of rotatable bonds is 8. The third-order valence-corrected chi connectivity index (χ3v) is 8.28. The van der Waals surface area contributed by atoms with Crippen molar-refractivity contribution in [2.75, 3.05) is 0 Å². The molecule has 0 atom stereocenters. The van der Waals surface area contributed by atoms with Crippen LogP contribution in [0, 0.1) is 13.8 Å². The summed E-state index contributed by atoms with van der Waals surface area (Å²) in [6.45, 7) is 4.27. The van der Waals surface area contributed by atoms with E-state index in [1.807, 2.05) is 56.3 Å². The van der Waals surface area contributed by atoms with E-state index in [2.05, 4.69) is 9.71 Å². The van der Waals surface area contributed by atoms with E-state index in [0.29, 0.717) is 23.8 Å². The fourth-order valence-electron chi connectivity index (χ4n) is 4.40. The van der Waals surface area contributed by atoms with E-state index in [4.69, 9.17) is 16.3 Å². The van der Waals surface area contributed by atoms with Crippen molar-refractivity contribution < 1.29 is 17.9 Å². The number of fused-ring (bicyclic) bond motifs is 1. The molecule has 4 aromatic carbocycles. The first-order valence-electron chi connectivity index (χ1n) is 12.4.